The molecular weight excluding hydrogens is 341 g/mol. The number of carbonyl (C=O) groups is 2. The zero-order valence-electron chi connectivity index (χ0n) is 15.6. The highest BCUT2D eigenvalue weighted by Gasteiger charge is 2.12. The molecule has 0 saturated carbocycles. The van der Waals surface area contributed by atoms with Crippen molar-refractivity contribution in [2.45, 2.75) is 6.42 Å². The summed E-state index contributed by atoms with van der Waals surface area (Å²) in [6, 6.07) is 2.69. The minimum atomic E-state index is -1.35. The van der Waals surface area contributed by atoms with Gasteiger partial charge >= 0.3 is 11.9 Å². The maximum Gasteiger partial charge on any atom is 0.341 e. The lowest BCUT2D eigenvalue weighted by Gasteiger charge is -2.14. The normalized spacial score (nSPS) is 12.6. The molecule has 0 unspecified atom stereocenters. The molecule has 2 N–H and O–H groups in total. The molecule has 0 bridgehead atoms. The standard InChI is InChI=1S/C16H13Cl2NO4/c17-11-5-3-6-12(18)16(11)19-13-7-2-1-4-10(13)8-15(22)23-9-14(20)21/h1-7,19H,8-9H2,(H,20,21)/i1D,2D,4D,7D. The van der Waals surface area contributed by atoms with E-state index in [1.54, 1.807) is 6.07 Å². The summed E-state index contributed by atoms with van der Waals surface area (Å²) in [6.07, 6.45) is -0.575. The molecule has 0 aliphatic heterocycles. The van der Waals surface area contributed by atoms with Crippen LogP contribution in [-0.4, -0.2) is 23.7 Å². The summed E-state index contributed by atoms with van der Waals surface area (Å²) < 4.78 is 36.3. The van der Waals surface area contributed by atoms with Crippen molar-refractivity contribution in [3.63, 3.8) is 0 Å². The van der Waals surface area contributed by atoms with Crippen LogP contribution in [0.4, 0.5) is 11.4 Å². The van der Waals surface area contributed by atoms with E-state index in [2.05, 4.69) is 10.1 Å². The lowest BCUT2D eigenvalue weighted by atomic mass is 10.1. The number of carboxylic acids is 1. The second kappa shape index (κ2) is 7.85. The molecule has 5 nitrogen and oxygen atoms in total. The molecule has 0 aliphatic carbocycles. The maximum absolute atomic E-state index is 11.9. The van der Waals surface area contributed by atoms with Gasteiger partial charge in [-0.1, -0.05) is 47.4 Å². The van der Waals surface area contributed by atoms with Crippen molar-refractivity contribution < 1.29 is 24.9 Å². The van der Waals surface area contributed by atoms with Gasteiger partial charge in [-0.25, -0.2) is 4.79 Å². The third-order valence-corrected chi connectivity index (χ3v) is 3.29. The number of anilines is 2. The van der Waals surface area contributed by atoms with Crippen LogP contribution in [-0.2, 0) is 20.7 Å². The number of ether oxygens (including phenoxy) is 1. The van der Waals surface area contributed by atoms with Gasteiger partial charge in [0.05, 0.1) is 27.6 Å². The highest BCUT2D eigenvalue weighted by molar-refractivity contribution is 6.39. The Morgan fingerprint density at radius 3 is 2.52 bits per heavy atom. The SMILES string of the molecule is [2H]c1c([2H])c([2H])c(Nc2c(Cl)cccc2Cl)c(CC(=O)OCC(=O)O)c1[2H]. The molecule has 0 amide bonds. The van der Waals surface area contributed by atoms with Crippen LogP contribution in [0.25, 0.3) is 0 Å². The first-order valence-corrected chi connectivity index (χ1v) is 7.06. The Kier molecular flexibility index (Phi) is 4.17. The van der Waals surface area contributed by atoms with Crippen LogP contribution >= 0.6 is 23.2 Å². The fourth-order valence-corrected chi connectivity index (χ4v) is 2.15. The molecule has 0 atom stereocenters. The average Bonchev–Trinajstić information content (AvgIpc) is 2.61. The molecule has 0 spiro atoms. The van der Waals surface area contributed by atoms with Crippen molar-refractivity contribution >= 4 is 46.5 Å². The third-order valence-electron chi connectivity index (χ3n) is 2.66. The van der Waals surface area contributed by atoms with Gasteiger partial charge in [0.25, 0.3) is 0 Å². The van der Waals surface area contributed by atoms with Crippen molar-refractivity contribution in [1.82, 2.24) is 0 Å². The Bertz CT molecular complexity index is 904. The van der Waals surface area contributed by atoms with Gasteiger partial charge < -0.3 is 15.2 Å². The first kappa shape index (κ1) is 12.2. The van der Waals surface area contributed by atoms with E-state index < -0.39 is 49.1 Å². The van der Waals surface area contributed by atoms with E-state index in [1.165, 1.54) is 12.1 Å². The molecule has 0 saturated heterocycles. The van der Waals surface area contributed by atoms with Crippen molar-refractivity contribution in [3.05, 3.63) is 58.0 Å². The largest absolute Gasteiger partial charge is 0.479 e. The minimum absolute atomic E-state index is 0.104. The first-order chi connectivity index (χ1) is 12.6. The third kappa shape index (κ3) is 4.87. The predicted molar refractivity (Wildman–Crippen MR) is 88.5 cm³/mol. The minimum Gasteiger partial charge on any atom is -0.479 e. The molecule has 2 aromatic carbocycles. The average molecular weight is 358 g/mol. The van der Waals surface area contributed by atoms with Crippen LogP contribution in [0.2, 0.25) is 10.0 Å². The Balaban J connectivity index is 2.52. The predicted octanol–water partition coefficient (Wildman–Crippen LogP) is 3.91. The lowest BCUT2D eigenvalue weighted by molar-refractivity contribution is -0.154. The van der Waals surface area contributed by atoms with Crippen molar-refractivity contribution in [2.75, 3.05) is 11.9 Å². The molecule has 2 rings (SSSR count). The van der Waals surface area contributed by atoms with Crippen LogP contribution in [0.15, 0.2) is 42.4 Å². The van der Waals surface area contributed by atoms with Gasteiger partial charge in [0.2, 0.25) is 0 Å². The van der Waals surface area contributed by atoms with Gasteiger partial charge in [0, 0.05) is 5.69 Å². The molecule has 0 aromatic heterocycles. The van der Waals surface area contributed by atoms with Gasteiger partial charge in [0.15, 0.2) is 6.61 Å². The number of halogens is 2. The number of para-hydroxylation sites is 2. The van der Waals surface area contributed by atoms with Gasteiger partial charge in [-0.05, 0) is 23.7 Å². The van der Waals surface area contributed by atoms with Gasteiger partial charge in [0.1, 0.15) is 0 Å². The van der Waals surface area contributed by atoms with Gasteiger partial charge in [-0.3, -0.25) is 4.79 Å². The molecule has 2 aromatic rings. The van der Waals surface area contributed by atoms with E-state index in [9.17, 15) is 9.59 Å². The highest BCUT2D eigenvalue weighted by Crippen LogP contribution is 2.33. The van der Waals surface area contributed by atoms with Crippen molar-refractivity contribution in [2.24, 2.45) is 0 Å². The summed E-state index contributed by atoms with van der Waals surface area (Å²) in [5, 5.41) is 11.7. The Morgan fingerprint density at radius 1 is 1.22 bits per heavy atom. The summed E-state index contributed by atoms with van der Waals surface area (Å²) in [7, 11) is 0. The Labute approximate surface area is 148 Å². The number of hydrogen-bond donors (Lipinski definition) is 2. The number of aliphatic carboxylic acids is 1. The molecule has 120 valence electrons. The van der Waals surface area contributed by atoms with Crippen LogP contribution in [0.5, 0.6) is 0 Å². The number of esters is 1. The fraction of sp³-hybridized carbons (Fsp3) is 0.125. The van der Waals surface area contributed by atoms with E-state index in [0.29, 0.717) is 0 Å². The summed E-state index contributed by atoms with van der Waals surface area (Å²) in [5.41, 5.74) is -0.0123. The maximum atomic E-state index is 11.9. The number of rotatable bonds is 6. The van der Waals surface area contributed by atoms with Gasteiger partial charge in [-0.15, -0.1) is 0 Å². The smallest absolute Gasteiger partial charge is 0.341 e. The van der Waals surface area contributed by atoms with Crippen LogP contribution < -0.4 is 5.32 Å². The molecule has 0 heterocycles. The first-order valence-electron chi connectivity index (χ1n) is 8.31. The van der Waals surface area contributed by atoms with Crippen molar-refractivity contribution in [3.8, 4) is 0 Å². The second-order valence-corrected chi connectivity index (χ2v) is 5.12. The molecule has 23 heavy (non-hydrogen) atoms. The monoisotopic (exact) mass is 357 g/mol. The van der Waals surface area contributed by atoms with Crippen LogP contribution in [0.1, 0.15) is 11.0 Å². The number of hydrogen-bond acceptors (Lipinski definition) is 4. The summed E-state index contributed by atoms with van der Waals surface area (Å²) in [4.78, 5) is 22.4. The van der Waals surface area contributed by atoms with E-state index in [0.717, 1.165) is 0 Å². The van der Waals surface area contributed by atoms with Crippen LogP contribution in [0.3, 0.4) is 0 Å². The number of benzene rings is 2. The lowest BCUT2D eigenvalue weighted by Crippen LogP contribution is -2.15. The molecule has 0 fully saturated rings. The topological polar surface area (TPSA) is 75.6 Å². The number of carbonyl (C=O) groups excluding carboxylic acids is 1. The van der Waals surface area contributed by atoms with E-state index in [1.807, 2.05) is 0 Å². The van der Waals surface area contributed by atoms with Crippen LogP contribution in [0, 0.1) is 0 Å². The zero-order chi connectivity index (χ0) is 20.3. The second-order valence-electron chi connectivity index (χ2n) is 4.31. The van der Waals surface area contributed by atoms with E-state index >= 15 is 0 Å². The van der Waals surface area contributed by atoms with E-state index in [4.69, 9.17) is 33.8 Å². The Hall–Kier alpha value is -2.24. The number of nitrogens with one attached hydrogen (secondary N) is 1. The molecule has 0 radical (unpaired) electrons. The van der Waals surface area contributed by atoms with Gasteiger partial charge in [-0.2, -0.15) is 0 Å². The number of carboxylic acid groups (broad SMARTS) is 1. The van der Waals surface area contributed by atoms with E-state index in [-0.39, 0.29) is 27.0 Å². The zero-order valence-corrected chi connectivity index (χ0v) is 13.1. The fourth-order valence-electron chi connectivity index (χ4n) is 1.66. The molecule has 0 aliphatic rings. The van der Waals surface area contributed by atoms with Crippen molar-refractivity contribution in [1.29, 1.82) is 0 Å². The highest BCUT2D eigenvalue weighted by atomic mass is 35.5. The molecule has 7 heteroatoms. The summed E-state index contributed by atoms with van der Waals surface area (Å²) >= 11 is 12.2. The molecular formula is C16H13Cl2NO4. The quantitative estimate of drug-likeness (QED) is 0.766. The Morgan fingerprint density at radius 2 is 1.87 bits per heavy atom. The summed E-state index contributed by atoms with van der Waals surface area (Å²) in [6.45, 7) is -0.858. The summed E-state index contributed by atoms with van der Waals surface area (Å²) in [5.74, 6) is -2.31.